The maximum absolute atomic E-state index is 5.83. The van der Waals surface area contributed by atoms with Crippen LogP contribution in [0.5, 0.6) is 0 Å². The fourth-order valence-corrected chi connectivity index (χ4v) is 3.65. The van der Waals surface area contributed by atoms with Gasteiger partial charge >= 0.3 is 0 Å². The molecule has 0 amide bonds. The number of rotatable bonds is 3. The molecule has 2 heteroatoms. The molecule has 2 nitrogen and oxygen atoms in total. The minimum absolute atomic E-state index is 0.639. The minimum atomic E-state index is 0.639. The summed E-state index contributed by atoms with van der Waals surface area (Å²) in [5, 5.41) is 0. The van der Waals surface area contributed by atoms with Crippen LogP contribution in [0.2, 0.25) is 0 Å². The first kappa shape index (κ1) is 12.2. The Morgan fingerprint density at radius 2 is 2.00 bits per heavy atom. The summed E-state index contributed by atoms with van der Waals surface area (Å²) in [6.07, 6.45) is 5.51. The van der Waals surface area contributed by atoms with Gasteiger partial charge in [0.05, 0.1) is 0 Å². The Morgan fingerprint density at radius 1 is 1.17 bits per heavy atom. The zero-order chi connectivity index (χ0) is 12.4. The lowest BCUT2D eigenvalue weighted by molar-refractivity contribution is 0.268. The van der Waals surface area contributed by atoms with Crippen molar-refractivity contribution in [3.8, 4) is 0 Å². The van der Waals surface area contributed by atoms with E-state index in [0.29, 0.717) is 5.41 Å². The third-order valence-electron chi connectivity index (χ3n) is 4.97. The predicted octanol–water partition coefficient (Wildman–Crippen LogP) is 2.64. The number of hydrogen-bond acceptors (Lipinski definition) is 2. The average molecular weight is 244 g/mol. The quantitative estimate of drug-likeness (QED) is 0.885. The second-order valence-electron chi connectivity index (χ2n) is 6.11. The van der Waals surface area contributed by atoms with Crippen molar-refractivity contribution in [1.82, 2.24) is 4.90 Å². The van der Waals surface area contributed by atoms with Gasteiger partial charge in [-0.2, -0.15) is 0 Å². The molecule has 2 fully saturated rings. The smallest absolute Gasteiger partial charge is 0.0233 e. The summed E-state index contributed by atoms with van der Waals surface area (Å²) < 4.78 is 0. The van der Waals surface area contributed by atoms with Crippen LogP contribution in [0, 0.1) is 11.3 Å². The maximum Gasteiger partial charge on any atom is 0.0233 e. The van der Waals surface area contributed by atoms with Crippen LogP contribution >= 0.6 is 0 Å². The fraction of sp³-hybridized carbons (Fsp3) is 0.625. The Bertz CT molecular complexity index is 389. The van der Waals surface area contributed by atoms with Gasteiger partial charge in [-0.1, -0.05) is 30.3 Å². The zero-order valence-electron chi connectivity index (χ0n) is 11.1. The van der Waals surface area contributed by atoms with Crippen LogP contribution in [0.15, 0.2) is 30.3 Å². The van der Waals surface area contributed by atoms with Crippen molar-refractivity contribution < 1.29 is 0 Å². The van der Waals surface area contributed by atoms with Crippen LogP contribution in [0.1, 0.15) is 31.2 Å². The van der Waals surface area contributed by atoms with Gasteiger partial charge in [0.2, 0.25) is 0 Å². The van der Waals surface area contributed by atoms with Gasteiger partial charge in [-0.15, -0.1) is 0 Å². The third-order valence-corrected chi connectivity index (χ3v) is 4.97. The van der Waals surface area contributed by atoms with E-state index in [0.717, 1.165) is 19.0 Å². The Morgan fingerprint density at radius 3 is 2.72 bits per heavy atom. The molecular formula is C16H24N2. The maximum atomic E-state index is 5.83. The van der Waals surface area contributed by atoms with E-state index in [2.05, 4.69) is 35.2 Å². The first-order valence-electron chi connectivity index (χ1n) is 7.29. The highest BCUT2D eigenvalue weighted by Crippen LogP contribution is 2.58. The molecule has 1 aromatic rings. The summed E-state index contributed by atoms with van der Waals surface area (Å²) in [6.45, 7) is 4.53. The molecule has 2 atom stereocenters. The molecule has 2 N–H and O–H groups in total. The largest absolute Gasteiger partial charge is 0.330 e. The first-order valence-corrected chi connectivity index (χ1v) is 7.29. The van der Waals surface area contributed by atoms with E-state index in [-0.39, 0.29) is 0 Å². The Labute approximate surface area is 110 Å². The van der Waals surface area contributed by atoms with Crippen molar-refractivity contribution in [2.24, 2.45) is 17.1 Å². The van der Waals surface area contributed by atoms with Gasteiger partial charge in [0, 0.05) is 6.54 Å². The van der Waals surface area contributed by atoms with E-state index < -0.39 is 0 Å². The van der Waals surface area contributed by atoms with Gasteiger partial charge in [0.25, 0.3) is 0 Å². The lowest BCUT2D eigenvalue weighted by Gasteiger charge is -2.20. The van der Waals surface area contributed by atoms with Gasteiger partial charge in [0.1, 0.15) is 0 Å². The van der Waals surface area contributed by atoms with Crippen LogP contribution in [0.25, 0.3) is 0 Å². The fourth-order valence-electron chi connectivity index (χ4n) is 3.65. The van der Waals surface area contributed by atoms with E-state index >= 15 is 0 Å². The summed E-state index contributed by atoms with van der Waals surface area (Å²) in [5.74, 6) is 0.828. The molecule has 1 spiro atoms. The SMILES string of the molecule is NCC1CC12CCCN(Cc1ccccc1)CC2. The summed E-state index contributed by atoms with van der Waals surface area (Å²) in [7, 11) is 0. The van der Waals surface area contributed by atoms with Crippen molar-refractivity contribution in [2.45, 2.75) is 32.2 Å². The van der Waals surface area contributed by atoms with E-state index in [4.69, 9.17) is 5.73 Å². The van der Waals surface area contributed by atoms with E-state index in [1.54, 1.807) is 0 Å². The van der Waals surface area contributed by atoms with Crippen LogP contribution in [-0.4, -0.2) is 24.5 Å². The van der Waals surface area contributed by atoms with Crippen LogP contribution in [0.4, 0.5) is 0 Å². The van der Waals surface area contributed by atoms with Gasteiger partial charge in [-0.25, -0.2) is 0 Å². The van der Waals surface area contributed by atoms with Crippen molar-refractivity contribution in [2.75, 3.05) is 19.6 Å². The average Bonchev–Trinajstić information content (AvgIpc) is 3.14. The molecule has 1 saturated heterocycles. The minimum Gasteiger partial charge on any atom is -0.330 e. The molecule has 98 valence electrons. The first-order chi connectivity index (χ1) is 8.82. The molecule has 1 aromatic carbocycles. The summed E-state index contributed by atoms with van der Waals surface area (Å²) in [5.41, 5.74) is 7.92. The molecule has 0 bridgehead atoms. The van der Waals surface area contributed by atoms with Gasteiger partial charge in [0.15, 0.2) is 0 Å². The van der Waals surface area contributed by atoms with E-state index in [9.17, 15) is 0 Å². The lowest BCUT2D eigenvalue weighted by Crippen LogP contribution is -2.24. The molecule has 18 heavy (non-hydrogen) atoms. The molecule has 3 rings (SSSR count). The topological polar surface area (TPSA) is 29.3 Å². The number of nitrogens with zero attached hydrogens (tertiary/aromatic N) is 1. The summed E-state index contributed by atoms with van der Waals surface area (Å²) in [6, 6.07) is 10.8. The van der Waals surface area contributed by atoms with Gasteiger partial charge < -0.3 is 5.73 Å². The molecular weight excluding hydrogens is 220 g/mol. The Balaban J connectivity index is 1.57. The van der Waals surface area contributed by atoms with Crippen molar-refractivity contribution in [3.63, 3.8) is 0 Å². The summed E-state index contributed by atoms with van der Waals surface area (Å²) >= 11 is 0. The molecule has 0 radical (unpaired) electrons. The number of hydrogen-bond donors (Lipinski definition) is 1. The third kappa shape index (κ3) is 2.45. The molecule has 1 saturated carbocycles. The van der Waals surface area contributed by atoms with Crippen molar-refractivity contribution >= 4 is 0 Å². The lowest BCUT2D eigenvalue weighted by atomic mass is 9.94. The molecule has 0 aromatic heterocycles. The highest BCUT2D eigenvalue weighted by Gasteiger charge is 2.52. The second kappa shape index (κ2) is 5.02. The zero-order valence-corrected chi connectivity index (χ0v) is 11.1. The Kier molecular flexibility index (Phi) is 3.40. The molecule has 1 heterocycles. The van der Waals surface area contributed by atoms with Crippen molar-refractivity contribution in [3.05, 3.63) is 35.9 Å². The van der Waals surface area contributed by atoms with Gasteiger partial charge in [-0.05, 0) is 62.2 Å². The second-order valence-corrected chi connectivity index (χ2v) is 6.11. The summed E-state index contributed by atoms with van der Waals surface area (Å²) in [4.78, 5) is 2.62. The van der Waals surface area contributed by atoms with Crippen LogP contribution in [0.3, 0.4) is 0 Å². The Hall–Kier alpha value is -0.860. The van der Waals surface area contributed by atoms with E-state index in [1.165, 1.54) is 44.3 Å². The van der Waals surface area contributed by atoms with Crippen LogP contribution < -0.4 is 5.73 Å². The number of likely N-dealkylation sites (tertiary alicyclic amines) is 1. The normalized spacial score (nSPS) is 32.4. The van der Waals surface area contributed by atoms with Crippen molar-refractivity contribution in [1.29, 1.82) is 0 Å². The van der Waals surface area contributed by atoms with Crippen LogP contribution in [-0.2, 0) is 6.54 Å². The highest BCUT2D eigenvalue weighted by atomic mass is 15.1. The van der Waals surface area contributed by atoms with Gasteiger partial charge in [-0.3, -0.25) is 4.90 Å². The predicted molar refractivity (Wildman–Crippen MR) is 75.2 cm³/mol. The van der Waals surface area contributed by atoms with E-state index in [1.807, 2.05) is 0 Å². The molecule has 1 aliphatic carbocycles. The number of benzene rings is 1. The monoisotopic (exact) mass is 244 g/mol. The molecule has 1 aliphatic heterocycles. The molecule has 2 aliphatic rings. The molecule has 2 unspecified atom stereocenters. The standard InChI is InChI=1S/C16H24N2/c17-12-15-11-16(15)7-4-9-18(10-8-16)13-14-5-2-1-3-6-14/h1-3,5-6,15H,4,7-13,17H2. The highest BCUT2D eigenvalue weighted by molar-refractivity contribution is 5.14. The number of nitrogens with two attached hydrogens (primary N) is 1.